The van der Waals surface area contributed by atoms with Gasteiger partial charge in [-0.3, -0.25) is 9.59 Å². The summed E-state index contributed by atoms with van der Waals surface area (Å²) in [6.07, 6.45) is 5.92. The van der Waals surface area contributed by atoms with Crippen LogP contribution in [0, 0.1) is 23.7 Å². The van der Waals surface area contributed by atoms with E-state index in [-0.39, 0.29) is 35.7 Å². The van der Waals surface area contributed by atoms with Crippen molar-refractivity contribution in [1.82, 2.24) is 40.4 Å². The van der Waals surface area contributed by atoms with Gasteiger partial charge < -0.3 is 39.9 Å². The van der Waals surface area contributed by atoms with Crippen molar-refractivity contribution in [3.63, 3.8) is 0 Å². The third-order valence-corrected chi connectivity index (χ3v) is 11.3. The molecule has 3 fully saturated rings. The van der Waals surface area contributed by atoms with Gasteiger partial charge in [-0.2, -0.15) is 0 Å². The monoisotopic (exact) mass is 776 g/mol. The fourth-order valence-electron chi connectivity index (χ4n) is 7.98. The molecule has 57 heavy (non-hydrogen) atoms. The summed E-state index contributed by atoms with van der Waals surface area (Å²) in [5.41, 5.74) is 4.44. The normalized spacial score (nSPS) is 19.0. The average molecular weight is 777 g/mol. The Morgan fingerprint density at radius 3 is 1.91 bits per heavy atom. The minimum Gasteiger partial charge on any atom is -0.453 e. The number of aromatic amines is 2. The molecule has 4 atom stereocenters. The minimum absolute atomic E-state index is 0.109. The number of carbonyl (C=O) groups excluding carboxylic acids is 4. The molecular weight excluding hydrogens is 725 g/mol. The third-order valence-electron chi connectivity index (χ3n) is 11.3. The molecule has 4 N–H and O–H groups in total. The second-order valence-corrected chi connectivity index (χ2v) is 16.0. The van der Waals surface area contributed by atoms with Crippen LogP contribution in [0.25, 0.3) is 22.0 Å². The molecule has 4 unspecified atom stereocenters. The largest absolute Gasteiger partial charge is 0.453 e. The molecule has 0 radical (unpaired) electrons. The summed E-state index contributed by atoms with van der Waals surface area (Å²) in [5.74, 6) is 8.03. The molecule has 1 saturated carbocycles. The number of nitrogens with zero attached hydrogens (tertiary/aromatic N) is 4. The number of imidazole rings is 2. The zero-order valence-electron chi connectivity index (χ0n) is 33.5. The Kier molecular flexibility index (Phi) is 11.6. The van der Waals surface area contributed by atoms with Crippen molar-refractivity contribution < 1.29 is 28.7 Å². The zero-order chi connectivity index (χ0) is 40.4. The first-order valence-electron chi connectivity index (χ1n) is 20.0. The first kappa shape index (κ1) is 39.4. The Balaban J connectivity index is 1.07. The van der Waals surface area contributed by atoms with Gasteiger partial charge in [-0.1, -0.05) is 51.8 Å². The van der Waals surface area contributed by atoms with Crippen LogP contribution in [0.15, 0.2) is 42.6 Å². The lowest BCUT2D eigenvalue weighted by atomic mass is 10.0. The van der Waals surface area contributed by atoms with Crippen LogP contribution in [0.1, 0.15) is 113 Å². The van der Waals surface area contributed by atoms with E-state index in [0.717, 1.165) is 89.2 Å². The summed E-state index contributed by atoms with van der Waals surface area (Å²) in [6.45, 7) is 8.80. The SMILES string of the molecule is COC(=O)NC(C(=O)N1CCCC1c1ncc(-c2ccc3cc(C#Cc4[nH]c(C5CCCN5C(=O)C(NC(=O)OC)C(C)C)nc4C4CC4)ccc3c2)[nH]1)C(C)C. The number of hydrogen-bond donors (Lipinski definition) is 4. The van der Waals surface area contributed by atoms with Crippen LogP contribution in [-0.2, 0) is 19.1 Å². The molecule has 0 bridgehead atoms. The van der Waals surface area contributed by atoms with Crippen molar-refractivity contribution in [2.45, 2.75) is 96.3 Å². The molecule has 0 spiro atoms. The number of hydrogen-bond acceptors (Lipinski definition) is 8. The lowest BCUT2D eigenvalue weighted by Gasteiger charge is -2.30. The average Bonchev–Trinajstić information content (AvgIpc) is 3.64. The highest BCUT2D eigenvalue weighted by Gasteiger charge is 2.40. The molecule has 2 aromatic carbocycles. The first-order valence-corrected chi connectivity index (χ1v) is 20.0. The van der Waals surface area contributed by atoms with E-state index in [1.54, 1.807) is 0 Å². The molecule has 3 aliphatic rings. The number of methoxy groups -OCH3 is 2. The summed E-state index contributed by atoms with van der Waals surface area (Å²) in [5, 5.41) is 7.51. The predicted octanol–water partition coefficient (Wildman–Crippen LogP) is 6.32. The lowest BCUT2D eigenvalue weighted by molar-refractivity contribution is -0.136. The molecular formula is C43H52N8O6. The van der Waals surface area contributed by atoms with E-state index in [1.165, 1.54) is 14.2 Å². The van der Waals surface area contributed by atoms with E-state index in [9.17, 15) is 19.2 Å². The number of H-pyrrole nitrogens is 2. The standard InChI is InChI=1S/C43H52N8O6/c1-24(2)35(48-42(54)56-5)40(52)50-19-7-9-33(50)38-44-23-32(46-38)30-17-16-28-21-26(11-13-29(28)22-30)12-18-31-37(27-14-15-27)47-39(45-31)34-10-8-20-51(34)41(53)36(25(3)4)49-43(55)57-6/h11,13,16-17,21-25,27,33-36H,7-10,14-15,19-20H2,1-6H3,(H,44,46)(H,45,47)(H,48,54)(H,49,55). The number of rotatable bonds is 10. The van der Waals surface area contributed by atoms with Crippen LogP contribution >= 0.6 is 0 Å². The van der Waals surface area contributed by atoms with Crippen LogP contribution in [-0.4, -0.2) is 93.1 Å². The van der Waals surface area contributed by atoms with E-state index in [1.807, 2.05) is 49.8 Å². The molecule has 2 aliphatic heterocycles. The van der Waals surface area contributed by atoms with E-state index in [0.29, 0.717) is 19.0 Å². The van der Waals surface area contributed by atoms with Gasteiger partial charge in [-0.25, -0.2) is 19.6 Å². The van der Waals surface area contributed by atoms with E-state index < -0.39 is 24.3 Å². The molecule has 300 valence electrons. The van der Waals surface area contributed by atoms with Gasteiger partial charge in [0.2, 0.25) is 11.8 Å². The maximum atomic E-state index is 13.7. The first-order chi connectivity index (χ1) is 27.4. The number of fused-ring (bicyclic) bond motifs is 1. The minimum atomic E-state index is -0.696. The fraction of sp³-hybridized carbons (Fsp3) is 0.488. The fourth-order valence-corrected chi connectivity index (χ4v) is 7.98. The maximum Gasteiger partial charge on any atom is 0.407 e. The van der Waals surface area contributed by atoms with Gasteiger partial charge in [-0.05, 0) is 85.3 Å². The van der Waals surface area contributed by atoms with Crippen molar-refractivity contribution >= 4 is 34.8 Å². The molecule has 2 saturated heterocycles. The van der Waals surface area contributed by atoms with Gasteiger partial charge in [-0.15, -0.1) is 0 Å². The lowest BCUT2D eigenvalue weighted by Crippen LogP contribution is -2.51. The number of aromatic nitrogens is 4. The number of benzene rings is 2. The van der Waals surface area contributed by atoms with Crippen molar-refractivity contribution in [3.8, 4) is 23.1 Å². The summed E-state index contributed by atoms with van der Waals surface area (Å²) in [4.78, 5) is 71.6. The highest BCUT2D eigenvalue weighted by Crippen LogP contribution is 2.42. The second-order valence-electron chi connectivity index (χ2n) is 16.0. The molecule has 4 amide bonds. The Morgan fingerprint density at radius 1 is 0.754 bits per heavy atom. The second kappa shape index (κ2) is 16.7. The number of ether oxygens (including phenoxy) is 2. The number of alkyl carbamates (subject to hydrolysis) is 2. The smallest absolute Gasteiger partial charge is 0.407 e. The van der Waals surface area contributed by atoms with Crippen molar-refractivity contribution in [2.75, 3.05) is 27.3 Å². The van der Waals surface area contributed by atoms with Crippen molar-refractivity contribution in [3.05, 3.63) is 71.2 Å². The molecule has 4 heterocycles. The van der Waals surface area contributed by atoms with Crippen LogP contribution in [0.3, 0.4) is 0 Å². The van der Waals surface area contributed by atoms with Gasteiger partial charge in [0, 0.05) is 30.1 Å². The van der Waals surface area contributed by atoms with Gasteiger partial charge in [0.15, 0.2) is 0 Å². The van der Waals surface area contributed by atoms with Crippen molar-refractivity contribution in [1.29, 1.82) is 0 Å². The van der Waals surface area contributed by atoms with Gasteiger partial charge in [0.1, 0.15) is 29.4 Å². The Bertz CT molecular complexity index is 2210. The maximum absolute atomic E-state index is 13.7. The molecule has 14 nitrogen and oxygen atoms in total. The Labute approximate surface area is 332 Å². The van der Waals surface area contributed by atoms with Gasteiger partial charge in [0.05, 0.1) is 43.9 Å². The van der Waals surface area contributed by atoms with E-state index in [2.05, 4.69) is 62.8 Å². The van der Waals surface area contributed by atoms with Crippen molar-refractivity contribution in [2.24, 2.45) is 11.8 Å². The summed E-state index contributed by atoms with van der Waals surface area (Å²) < 4.78 is 9.55. The Morgan fingerprint density at radius 2 is 1.33 bits per heavy atom. The topological polar surface area (TPSA) is 175 Å². The number of likely N-dealkylation sites (tertiary alicyclic amines) is 2. The molecule has 7 rings (SSSR count). The van der Waals surface area contributed by atoms with Crippen LogP contribution in [0.2, 0.25) is 0 Å². The highest BCUT2D eigenvalue weighted by molar-refractivity contribution is 5.89. The summed E-state index contributed by atoms with van der Waals surface area (Å²) >= 11 is 0. The van der Waals surface area contributed by atoms with Crippen LogP contribution in [0.4, 0.5) is 9.59 Å². The summed E-state index contributed by atoms with van der Waals surface area (Å²) in [6, 6.07) is 10.6. The number of carbonyl (C=O) groups is 4. The van der Waals surface area contributed by atoms with Gasteiger partial charge >= 0.3 is 12.2 Å². The van der Waals surface area contributed by atoms with E-state index >= 15 is 0 Å². The third kappa shape index (κ3) is 8.48. The zero-order valence-corrected chi connectivity index (χ0v) is 33.5. The van der Waals surface area contributed by atoms with Crippen LogP contribution < -0.4 is 10.6 Å². The highest BCUT2D eigenvalue weighted by atomic mass is 16.5. The summed E-state index contributed by atoms with van der Waals surface area (Å²) in [7, 11) is 2.58. The van der Waals surface area contributed by atoms with Gasteiger partial charge in [0.25, 0.3) is 0 Å². The predicted molar refractivity (Wildman–Crippen MR) is 214 cm³/mol. The number of nitrogens with one attached hydrogen (secondary N) is 4. The van der Waals surface area contributed by atoms with E-state index in [4.69, 9.17) is 19.4 Å². The molecule has 4 aromatic rings. The number of amides is 4. The van der Waals surface area contributed by atoms with Crippen LogP contribution in [0.5, 0.6) is 0 Å². The molecule has 2 aromatic heterocycles. The molecule has 1 aliphatic carbocycles. The molecule has 14 heteroatoms. The quantitative estimate of drug-likeness (QED) is 0.136. The Hall–Kier alpha value is -5.84.